The second kappa shape index (κ2) is 10.6. The van der Waals surface area contributed by atoms with Crippen molar-refractivity contribution in [2.45, 2.75) is 32.6 Å². The number of hydrogen-bond acceptors (Lipinski definition) is 3. The van der Waals surface area contributed by atoms with E-state index < -0.39 is 0 Å². The molecule has 1 heterocycles. The number of nitrogens with one attached hydrogen (secondary N) is 2. The third-order valence-corrected chi connectivity index (χ3v) is 6.73. The molecule has 2 amide bonds. The van der Waals surface area contributed by atoms with Gasteiger partial charge in [-0.3, -0.25) is 19.5 Å². The zero-order valence-electron chi connectivity index (χ0n) is 18.3. The molecule has 1 aliphatic heterocycles. The lowest BCUT2D eigenvalue weighted by Crippen LogP contribution is -2.43. The second-order valence-electron chi connectivity index (χ2n) is 8.62. The molecule has 1 saturated carbocycles. The SMILES string of the molecule is CCNC(=NCCC(C)c1ccccc1)NCCN1C(=O)C2C3C=CC(C3)C2C1=O.I. The van der Waals surface area contributed by atoms with E-state index in [-0.39, 0.29) is 59.5 Å². The lowest BCUT2D eigenvalue weighted by molar-refractivity contribution is -0.140. The molecule has 5 unspecified atom stereocenters. The van der Waals surface area contributed by atoms with Crippen LogP contribution in [-0.2, 0) is 9.59 Å². The van der Waals surface area contributed by atoms with Gasteiger partial charge in [-0.15, -0.1) is 24.0 Å². The molecule has 0 radical (unpaired) electrons. The van der Waals surface area contributed by atoms with E-state index >= 15 is 0 Å². The molecular formula is C24H33IN4O2. The summed E-state index contributed by atoms with van der Waals surface area (Å²) >= 11 is 0. The van der Waals surface area contributed by atoms with Gasteiger partial charge in [0.05, 0.1) is 11.8 Å². The summed E-state index contributed by atoms with van der Waals surface area (Å²) in [4.78, 5) is 31.7. The Hall–Kier alpha value is -1.90. The van der Waals surface area contributed by atoms with Crippen molar-refractivity contribution >= 4 is 41.8 Å². The van der Waals surface area contributed by atoms with Gasteiger partial charge in [0, 0.05) is 26.2 Å². The highest BCUT2D eigenvalue weighted by Gasteiger charge is 2.58. The van der Waals surface area contributed by atoms with E-state index in [1.54, 1.807) is 0 Å². The van der Waals surface area contributed by atoms with E-state index in [1.807, 2.05) is 13.0 Å². The summed E-state index contributed by atoms with van der Waals surface area (Å²) in [5.74, 6) is 1.51. The van der Waals surface area contributed by atoms with Gasteiger partial charge < -0.3 is 10.6 Å². The van der Waals surface area contributed by atoms with Crippen molar-refractivity contribution in [1.29, 1.82) is 0 Å². The molecule has 0 aromatic heterocycles. The molecule has 5 atom stereocenters. The number of halogens is 1. The van der Waals surface area contributed by atoms with E-state index in [9.17, 15) is 9.59 Å². The Morgan fingerprint density at radius 2 is 1.74 bits per heavy atom. The van der Waals surface area contributed by atoms with Gasteiger partial charge in [0.25, 0.3) is 0 Å². The Morgan fingerprint density at radius 3 is 2.35 bits per heavy atom. The Morgan fingerprint density at radius 1 is 1.10 bits per heavy atom. The fourth-order valence-corrected chi connectivity index (χ4v) is 5.13. The van der Waals surface area contributed by atoms with Crippen LogP contribution in [0.15, 0.2) is 47.5 Å². The van der Waals surface area contributed by atoms with Crippen LogP contribution >= 0.6 is 24.0 Å². The molecule has 3 aliphatic rings. The molecule has 1 aromatic carbocycles. The smallest absolute Gasteiger partial charge is 0.233 e. The lowest BCUT2D eigenvalue weighted by Gasteiger charge is -2.19. The van der Waals surface area contributed by atoms with Crippen LogP contribution in [0.1, 0.15) is 38.2 Å². The van der Waals surface area contributed by atoms with Gasteiger partial charge in [0.1, 0.15) is 0 Å². The monoisotopic (exact) mass is 536 g/mol. The van der Waals surface area contributed by atoms with Crippen molar-refractivity contribution in [3.05, 3.63) is 48.0 Å². The van der Waals surface area contributed by atoms with Crippen molar-refractivity contribution in [2.24, 2.45) is 28.7 Å². The number of hydrogen-bond donors (Lipinski definition) is 2. The zero-order valence-corrected chi connectivity index (χ0v) is 20.6. The molecule has 168 valence electrons. The molecule has 2 bridgehead atoms. The van der Waals surface area contributed by atoms with Crippen molar-refractivity contribution in [3.8, 4) is 0 Å². The van der Waals surface area contributed by atoms with E-state index in [0.717, 1.165) is 25.3 Å². The molecule has 2 N–H and O–H groups in total. The number of amides is 2. The highest BCUT2D eigenvalue weighted by Crippen LogP contribution is 2.52. The van der Waals surface area contributed by atoms with Crippen molar-refractivity contribution in [1.82, 2.24) is 15.5 Å². The van der Waals surface area contributed by atoms with Crippen molar-refractivity contribution < 1.29 is 9.59 Å². The van der Waals surface area contributed by atoms with Gasteiger partial charge in [0.2, 0.25) is 11.8 Å². The van der Waals surface area contributed by atoms with Crippen LogP contribution in [0.4, 0.5) is 0 Å². The van der Waals surface area contributed by atoms with Crippen LogP contribution in [0, 0.1) is 23.7 Å². The summed E-state index contributed by atoms with van der Waals surface area (Å²) in [5, 5.41) is 6.53. The third kappa shape index (κ3) is 4.96. The summed E-state index contributed by atoms with van der Waals surface area (Å²) in [6, 6.07) is 10.5. The largest absolute Gasteiger partial charge is 0.357 e. The molecule has 4 rings (SSSR count). The number of likely N-dealkylation sites (tertiary alicyclic amines) is 1. The summed E-state index contributed by atoms with van der Waals surface area (Å²) in [7, 11) is 0. The minimum absolute atomic E-state index is 0. The summed E-state index contributed by atoms with van der Waals surface area (Å²) in [6.45, 7) is 6.64. The van der Waals surface area contributed by atoms with Gasteiger partial charge in [-0.25, -0.2) is 0 Å². The highest BCUT2D eigenvalue weighted by molar-refractivity contribution is 14.0. The molecule has 31 heavy (non-hydrogen) atoms. The summed E-state index contributed by atoms with van der Waals surface area (Å²) < 4.78 is 0. The fraction of sp³-hybridized carbons (Fsp3) is 0.542. The van der Waals surface area contributed by atoms with Crippen LogP contribution < -0.4 is 10.6 Å². The Balaban J connectivity index is 0.00000272. The molecule has 7 heteroatoms. The minimum atomic E-state index is -0.117. The molecule has 2 fully saturated rings. The first-order chi connectivity index (χ1) is 14.6. The van der Waals surface area contributed by atoms with Crippen LogP contribution in [0.3, 0.4) is 0 Å². The maximum atomic E-state index is 12.8. The second-order valence-corrected chi connectivity index (χ2v) is 8.62. The zero-order chi connectivity index (χ0) is 21.1. The first-order valence-corrected chi connectivity index (χ1v) is 11.2. The van der Waals surface area contributed by atoms with Gasteiger partial charge in [-0.2, -0.15) is 0 Å². The summed E-state index contributed by atoms with van der Waals surface area (Å²) in [6.07, 6.45) is 6.19. The first kappa shape index (κ1) is 23.8. The number of fused-ring (bicyclic) bond motifs is 5. The number of rotatable bonds is 8. The maximum absolute atomic E-state index is 12.8. The average molecular weight is 536 g/mol. The van der Waals surface area contributed by atoms with Crippen LogP contribution in [0.5, 0.6) is 0 Å². The van der Waals surface area contributed by atoms with Crippen LogP contribution in [0.2, 0.25) is 0 Å². The topological polar surface area (TPSA) is 73.8 Å². The number of aliphatic imine (C=N–C) groups is 1. The number of nitrogens with zero attached hydrogens (tertiary/aromatic N) is 2. The molecule has 1 aromatic rings. The summed E-state index contributed by atoms with van der Waals surface area (Å²) in [5.41, 5.74) is 1.32. The Kier molecular flexibility index (Phi) is 8.13. The van der Waals surface area contributed by atoms with E-state index in [4.69, 9.17) is 0 Å². The number of carbonyl (C=O) groups excluding carboxylic acids is 2. The lowest BCUT2D eigenvalue weighted by atomic mass is 9.85. The van der Waals surface area contributed by atoms with Gasteiger partial charge in [-0.05, 0) is 43.1 Å². The molecule has 1 saturated heterocycles. The Bertz CT molecular complexity index is 811. The molecule has 0 spiro atoms. The van der Waals surface area contributed by atoms with Gasteiger partial charge in [-0.1, -0.05) is 49.4 Å². The minimum Gasteiger partial charge on any atom is -0.357 e. The van der Waals surface area contributed by atoms with Crippen molar-refractivity contribution in [3.63, 3.8) is 0 Å². The Labute approximate surface area is 202 Å². The first-order valence-electron chi connectivity index (χ1n) is 11.2. The van der Waals surface area contributed by atoms with E-state index in [0.29, 0.717) is 25.6 Å². The van der Waals surface area contributed by atoms with Crippen molar-refractivity contribution in [2.75, 3.05) is 26.2 Å². The van der Waals surface area contributed by atoms with E-state index in [1.165, 1.54) is 10.5 Å². The van der Waals surface area contributed by atoms with Crippen LogP contribution in [-0.4, -0.2) is 48.9 Å². The number of carbonyl (C=O) groups is 2. The predicted octanol–water partition coefficient (Wildman–Crippen LogP) is 3.16. The molecular weight excluding hydrogens is 503 g/mol. The number of guanidine groups is 1. The average Bonchev–Trinajstić information content (AvgIpc) is 3.44. The number of benzene rings is 1. The number of imide groups is 1. The predicted molar refractivity (Wildman–Crippen MR) is 133 cm³/mol. The molecule has 2 aliphatic carbocycles. The van der Waals surface area contributed by atoms with Gasteiger partial charge >= 0.3 is 0 Å². The van der Waals surface area contributed by atoms with Crippen LogP contribution in [0.25, 0.3) is 0 Å². The standard InChI is InChI=1S/C24H32N4O2.HI/c1-3-25-24(26-12-11-16(2)17-7-5-4-6-8-17)27-13-14-28-22(29)20-18-9-10-19(15-18)21(20)23(28)30;/h4-10,16,18-21H,3,11-15H2,1-2H3,(H2,25,26,27);1H. The highest BCUT2D eigenvalue weighted by atomic mass is 127. The maximum Gasteiger partial charge on any atom is 0.233 e. The third-order valence-electron chi connectivity index (χ3n) is 6.73. The number of allylic oxidation sites excluding steroid dienone is 2. The van der Waals surface area contributed by atoms with E-state index in [2.05, 4.69) is 59.0 Å². The quantitative estimate of drug-likeness (QED) is 0.176. The normalized spacial score (nSPS) is 27.3. The van der Waals surface area contributed by atoms with Gasteiger partial charge in [0.15, 0.2) is 5.96 Å². The molecule has 6 nitrogen and oxygen atoms in total. The fourth-order valence-electron chi connectivity index (χ4n) is 5.13.